The maximum atomic E-state index is 5.52. The molecule has 1 aliphatic carbocycles. The van der Waals surface area contributed by atoms with Gasteiger partial charge < -0.3 is 9.64 Å². The Morgan fingerprint density at radius 3 is 2.88 bits per heavy atom. The molecule has 5 rings (SSSR count). The van der Waals surface area contributed by atoms with Crippen molar-refractivity contribution in [3.8, 4) is 5.95 Å². The van der Waals surface area contributed by atoms with Crippen LogP contribution in [0.2, 0.25) is 0 Å². The smallest absolute Gasteiger partial charge is 0.237 e. The van der Waals surface area contributed by atoms with Gasteiger partial charge in [-0.1, -0.05) is 12.2 Å². The summed E-state index contributed by atoms with van der Waals surface area (Å²) in [5.41, 5.74) is 3.40. The summed E-state index contributed by atoms with van der Waals surface area (Å²) in [4.78, 5) is 17.0. The van der Waals surface area contributed by atoms with Gasteiger partial charge in [-0.25, -0.2) is 9.97 Å². The average Bonchev–Trinajstić information content (AvgIpc) is 3.19. The monoisotopic (exact) mass is 367 g/mol. The summed E-state index contributed by atoms with van der Waals surface area (Å²) in [6, 6.07) is 2.08. The number of morpholine rings is 1. The first-order valence-electron chi connectivity index (χ1n) is 9.11. The van der Waals surface area contributed by atoms with Gasteiger partial charge in [0.2, 0.25) is 5.95 Å². The lowest BCUT2D eigenvalue weighted by atomic mass is 10.2. The summed E-state index contributed by atoms with van der Waals surface area (Å²) in [5, 5.41) is 2.09. The summed E-state index contributed by atoms with van der Waals surface area (Å²) in [5.74, 6) is 2.72. The van der Waals surface area contributed by atoms with Crippen molar-refractivity contribution in [2.45, 2.75) is 26.2 Å². The molecule has 1 fully saturated rings. The molecule has 26 heavy (non-hydrogen) atoms. The van der Waals surface area contributed by atoms with Crippen LogP contribution in [0, 0.1) is 6.92 Å². The van der Waals surface area contributed by atoms with E-state index in [0.717, 1.165) is 73.4 Å². The highest BCUT2D eigenvalue weighted by Gasteiger charge is 2.22. The lowest BCUT2D eigenvalue weighted by Gasteiger charge is -2.28. The molecule has 0 radical (unpaired) electrons. The van der Waals surface area contributed by atoms with E-state index in [9.17, 15) is 0 Å². The van der Waals surface area contributed by atoms with Crippen molar-refractivity contribution in [1.82, 2.24) is 19.5 Å². The van der Waals surface area contributed by atoms with Crippen LogP contribution in [0.1, 0.15) is 23.6 Å². The van der Waals surface area contributed by atoms with Crippen LogP contribution >= 0.6 is 11.3 Å². The van der Waals surface area contributed by atoms with Crippen molar-refractivity contribution in [2.75, 3.05) is 31.2 Å². The number of fused-ring (bicyclic) bond motifs is 2. The number of hydrogen-bond donors (Lipinski definition) is 0. The number of imidazole rings is 1. The van der Waals surface area contributed by atoms with Crippen molar-refractivity contribution in [3.63, 3.8) is 0 Å². The maximum Gasteiger partial charge on any atom is 0.237 e. The Hall–Kier alpha value is -2.25. The van der Waals surface area contributed by atoms with Gasteiger partial charge in [-0.05, 0) is 31.2 Å². The molecule has 134 valence electrons. The Kier molecular flexibility index (Phi) is 3.98. The van der Waals surface area contributed by atoms with Crippen LogP contribution < -0.4 is 4.90 Å². The second-order valence-corrected chi connectivity index (χ2v) is 7.60. The third-order valence-electron chi connectivity index (χ3n) is 5.03. The van der Waals surface area contributed by atoms with E-state index < -0.39 is 0 Å². The third kappa shape index (κ3) is 2.62. The minimum Gasteiger partial charge on any atom is -0.378 e. The van der Waals surface area contributed by atoms with Crippen LogP contribution in [0.4, 0.5) is 5.82 Å². The van der Waals surface area contributed by atoms with Gasteiger partial charge in [-0.2, -0.15) is 4.98 Å². The van der Waals surface area contributed by atoms with Crippen LogP contribution in [-0.2, 0) is 17.6 Å². The van der Waals surface area contributed by atoms with E-state index in [4.69, 9.17) is 19.7 Å². The zero-order valence-corrected chi connectivity index (χ0v) is 15.6. The number of anilines is 1. The molecule has 7 heteroatoms. The van der Waals surface area contributed by atoms with Crippen molar-refractivity contribution in [2.24, 2.45) is 0 Å². The molecular formula is C19H21N5OS. The van der Waals surface area contributed by atoms with Crippen LogP contribution in [0.5, 0.6) is 0 Å². The molecule has 1 saturated heterocycles. The van der Waals surface area contributed by atoms with Gasteiger partial charge in [-0.15, -0.1) is 11.3 Å². The number of thiophene rings is 1. The highest BCUT2D eigenvalue weighted by molar-refractivity contribution is 7.17. The molecule has 0 unspecified atom stereocenters. The van der Waals surface area contributed by atoms with Gasteiger partial charge in [0.15, 0.2) is 5.82 Å². The van der Waals surface area contributed by atoms with Crippen molar-refractivity contribution in [3.05, 3.63) is 40.8 Å². The van der Waals surface area contributed by atoms with Gasteiger partial charge in [0.1, 0.15) is 5.82 Å². The first-order chi connectivity index (χ1) is 12.8. The molecule has 3 aromatic rings. The SMILES string of the molecule is Cc1nc2c(n1-c1nc(N3CCOCC3)c3sccc3n1)CC=CCC2. The Morgan fingerprint density at radius 1 is 1.12 bits per heavy atom. The number of ether oxygens (including phenoxy) is 1. The minimum absolute atomic E-state index is 0.735. The van der Waals surface area contributed by atoms with E-state index in [1.807, 2.05) is 6.92 Å². The van der Waals surface area contributed by atoms with Crippen molar-refractivity contribution < 1.29 is 4.74 Å². The summed E-state index contributed by atoms with van der Waals surface area (Å²) in [6.45, 7) is 5.28. The fourth-order valence-corrected chi connectivity index (χ4v) is 4.61. The van der Waals surface area contributed by atoms with E-state index >= 15 is 0 Å². The Balaban J connectivity index is 1.68. The molecule has 0 aromatic carbocycles. The molecule has 2 aliphatic rings. The summed E-state index contributed by atoms with van der Waals surface area (Å²) in [6.07, 6.45) is 7.39. The molecule has 0 atom stereocenters. The van der Waals surface area contributed by atoms with Crippen LogP contribution in [0.25, 0.3) is 16.2 Å². The van der Waals surface area contributed by atoms with Gasteiger partial charge in [0.05, 0.1) is 34.8 Å². The maximum absolute atomic E-state index is 5.52. The Morgan fingerprint density at radius 2 is 2.00 bits per heavy atom. The lowest BCUT2D eigenvalue weighted by Crippen LogP contribution is -2.37. The average molecular weight is 367 g/mol. The third-order valence-corrected chi connectivity index (χ3v) is 5.93. The highest BCUT2D eigenvalue weighted by Crippen LogP contribution is 2.31. The summed E-state index contributed by atoms with van der Waals surface area (Å²) >= 11 is 1.71. The molecule has 0 bridgehead atoms. The van der Waals surface area contributed by atoms with Crippen molar-refractivity contribution >= 4 is 27.4 Å². The minimum atomic E-state index is 0.735. The molecule has 0 amide bonds. The predicted octanol–water partition coefficient (Wildman–Crippen LogP) is 3.07. The normalized spacial score (nSPS) is 17.5. The van der Waals surface area contributed by atoms with E-state index in [0.29, 0.717) is 0 Å². The number of rotatable bonds is 2. The molecule has 6 nitrogen and oxygen atoms in total. The zero-order chi connectivity index (χ0) is 17.5. The number of allylic oxidation sites excluding steroid dienone is 2. The largest absolute Gasteiger partial charge is 0.378 e. The first-order valence-corrected chi connectivity index (χ1v) is 9.99. The summed E-state index contributed by atoms with van der Waals surface area (Å²) < 4.78 is 8.82. The van der Waals surface area contributed by atoms with E-state index in [1.54, 1.807) is 11.3 Å². The quantitative estimate of drug-likeness (QED) is 0.652. The second kappa shape index (κ2) is 6.48. The van der Waals surface area contributed by atoms with E-state index in [-0.39, 0.29) is 0 Å². The number of nitrogens with zero attached hydrogens (tertiary/aromatic N) is 5. The number of aryl methyl sites for hydroxylation is 2. The van der Waals surface area contributed by atoms with Gasteiger partial charge >= 0.3 is 0 Å². The molecule has 0 N–H and O–H groups in total. The van der Waals surface area contributed by atoms with Crippen LogP contribution in [-0.4, -0.2) is 45.8 Å². The summed E-state index contributed by atoms with van der Waals surface area (Å²) in [7, 11) is 0. The number of hydrogen-bond acceptors (Lipinski definition) is 6. The van der Waals surface area contributed by atoms with Crippen LogP contribution in [0.15, 0.2) is 23.6 Å². The molecular weight excluding hydrogens is 346 g/mol. The lowest BCUT2D eigenvalue weighted by molar-refractivity contribution is 0.122. The topological polar surface area (TPSA) is 56.1 Å². The van der Waals surface area contributed by atoms with Gasteiger partial charge in [-0.3, -0.25) is 4.57 Å². The van der Waals surface area contributed by atoms with Gasteiger partial charge in [0, 0.05) is 19.5 Å². The van der Waals surface area contributed by atoms with Crippen molar-refractivity contribution in [1.29, 1.82) is 0 Å². The molecule has 0 saturated carbocycles. The zero-order valence-electron chi connectivity index (χ0n) is 14.8. The Labute approximate surface area is 156 Å². The van der Waals surface area contributed by atoms with Gasteiger partial charge in [0.25, 0.3) is 0 Å². The highest BCUT2D eigenvalue weighted by atomic mass is 32.1. The molecule has 0 spiro atoms. The molecule has 3 aromatic heterocycles. The van der Waals surface area contributed by atoms with E-state index in [2.05, 4.69) is 33.1 Å². The standard InChI is InChI=1S/C19H21N5OS/c1-13-20-14-5-3-2-4-6-16(14)24(13)19-21-15-7-12-26-17(15)18(22-19)23-8-10-25-11-9-23/h2,4,7,12H,3,5-6,8-11H2,1H3. The van der Waals surface area contributed by atoms with E-state index in [1.165, 1.54) is 11.4 Å². The Bertz CT molecular complexity index is 983. The fourth-order valence-electron chi connectivity index (χ4n) is 3.77. The first kappa shape index (κ1) is 16.0. The van der Waals surface area contributed by atoms with Crippen LogP contribution in [0.3, 0.4) is 0 Å². The second-order valence-electron chi connectivity index (χ2n) is 6.68. The predicted molar refractivity (Wildman–Crippen MR) is 103 cm³/mol. The molecule has 1 aliphatic heterocycles. The number of aromatic nitrogens is 4. The fraction of sp³-hybridized carbons (Fsp3) is 0.421. The molecule has 4 heterocycles.